The number of hydrazone groups is 1. The van der Waals surface area contributed by atoms with Crippen molar-refractivity contribution in [2.45, 2.75) is 12.5 Å². The molecule has 0 radical (unpaired) electrons. The van der Waals surface area contributed by atoms with Gasteiger partial charge in [-0.25, -0.2) is 10.4 Å². The highest BCUT2D eigenvalue weighted by molar-refractivity contribution is 6.14. The van der Waals surface area contributed by atoms with Crippen LogP contribution in [0.3, 0.4) is 0 Å². The van der Waals surface area contributed by atoms with Crippen molar-refractivity contribution in [2.24, 2.45) is 15.8 Å². The lowest BCUT2D eigenvalue weighted by Crippen LogP contribution is -2.55. The Balaban J connectivity index is 2.04. The predicted molar refractivity (Wildman–Crippen MR) is 68.7 cm³/mol. The van der Waals surface area contributed by atoms with E-state index < -0.39 is 11.9 Å². The monoisotopic (exact) mass is 257 g/mol. The van der Waals surface area contributed by atoms with E-state index in [1.807, 2.05) is 24.3 Å². The fraction of sp³-hybridized carbons (Fsp3) is 0.167. The van der Waals surface area contributed by atoms with Crippen molar-refractivity contribution in [2.75, 3.05) is 0 Å². The van der Waals surface area contributed by atoms with Gasteiger partial charge in [-0.1, -0.05) is 12.1 Å². The minimum Gasteiger partial charge on any atom is -0.370 e. The van der Waals surface area contributed by atoms with E-state index in [4.69, 9.17) is 5.73 Å². The Kier molecular flexibility index (Phi) is 2.52. The first kappa shape index (κ1) is 11.4. The third-order valence-corrected chi connectivity index (χ3v) is 3.02. The van der Waals surface area contributed by atoms with Crippen molar-refractivity contribution in [3.8, 4) is 0 Å². The van der Waals surface area contributed by atoms with E-state index in [-0.39, 0.29) is 12.3 Å². The van der Waals surface area contributed by atoms with Gasteiger partial charge < -0.3 is 10.6 Å². The summed E-state index contributed by atoms with van der Waals surface area (Å²) in [6.07, 6.45) is 1.42. The molecule has 2 amide bonds. The number of nitrogens with one attached hydrogen (secondary N) is 1. The summed E-state index contributed by atoms with van der Waals surface area (Å²) in [7, 11) is 0. The van der Waals surface area contributed by atoms with Crippen LogP contribution in [-0.2, 0) is 9.59 Å². The molecule has 96 valence electrons. The number of fused-ring (bicyclic) bond motifs is 3. The molecule has 0 aliphatic carbocycles. The molecule has 0 bridgehead atoms. The number of carbonyl (C=O) groups excluding carboxylic acids is 2. The number of benzene rings is 1. The maximum atomic E-state index is 11.8. The second-order valence-corrected chi connectivity index (χ2v) is 4.27. The number of hydrogen-bond acceptors (Lipinski definition) is 5. The minimum atomic E-state index is -0.706. The SMILES string of the molecule is NC(=O)C[C@@H]1C(=O)NN=C2c3ccccc3N=CN21. The van der Waals surface area contributed by atoms with Gasteiger partial charge in [-0.2, -0.15) is 5.10 Å². The van der Waals surface area contributed by atoms with E-state index in [1.165, 1.54) is 6.34 Å². The van der Waals surface area contributed by atoms with Crippen molar-refractivity contribution in [3.63, 3.8) is 0 Å². The van der Waals surface area contributed by atoms with Gasteiger partial charge in [-0.15, -0.1) is 0 Å². The van der Waals surface area contributed by atoms with Crippen molar-refractivity contribution in [1.29, 1.82) is 0 Å². The van der Waals surface area contributed by atoms with Gasteiger partial charge in [0.1, 0.15) is 6.04 Å². The first-order valence-corrected chi connectivity index (χ1v) is 5.74. The Morgan fingerprint density at radius 2 is 2.21 bits per heavy atom. The van der Waals surface area contributed by atoms with Crippen molar-refractivity contribution < 1.29 is 9.59 Å². The summed E-state index contributed by atoms with van der Waals surface area (Å²) in [5.41, 5.74) is 9.16. The molecule has 0 fully saturated rings. The van der Waals surface area contributed by atoms with Crippen LogP contribution in [0.2, 0.25) is 0 Å². The number of para-hydroxylation sites is 1. The maximum Gasteiger partial charge on any atom is 0.263 e. The maximum absolute atomic E-state index is 11.8. The summed E-state index contributed by atoms with van der Waals surface area (Å²) >= 11 is 0. The zero-order chi connectivity index (χ0) is 13.4. The van der Waals surface area contributed by atoms with Crippen molar-refractivity contribution >= 4 is 29.7 Å². The molecule has 0 unspecified atom stereocenters. The molecule has 0 saturated heterocycles. The van der Waals surface area contributed by atoms with E-state index in [1.54, 1.807) is 4.90 Å². The number of primary amides is 1. The highest BCUT2D eigenvalue weighted by atomic mass is 16.2. The smallest absolute Gasteiger partial charge is 0.263 e. The molecule has 3 rings (SSSR count). The van der Waals surface area contributed by atoms with Crippen LogP contribution >= 0.6 is 0 Å². The van der Waals surface area contributed by atoms with Crippen LogP contribution in [0.5, 0.6) is 0 Å². The number of nitrogens with zero attached hydrogens (tertiary/aromatic N) is 3. The lowest BCUT2D eigenvalue weighted by atomic mass is 10.1. The van der Waals surface area contributed by atoms with Gasteiger partial charge in [0.2, 0.25) is 5.91 Å². The summed E-state index contributed by atoms with van der Waals surface area (Å²) in [6.45, 7) is 0. The van der Waals surface area contributed by atoms with Crippen LogP contribution in [-0.4, -0.2) is 34.9 Å². The summed E-state index contributed by atoms with van der Waals surface area (Å²) in [6, 6.07) is 6.73. The number of carbonyl (C=O) groups is 2. The molecule has 7 nitrogen and oxygen atoms in total. The lowest BCUT2D eigenvalue weighted by molar-refractivity contribution is -0.128. The average Bonchev–Trinajstić information content (AvgIpc) is 2.41. The molecular formula is C12H11N5O2. The molecule has 2 aliphatic heterocycles. The number of amides is 2. The van der Waals surface area contributed by atoms with Crippen molar-refractivity contribution in [3.05, 3.63) is 29.8 Å². The quantitative estimate of drug-likeness (QED) is 0.760. The summed E-state index contributed by atoms with van der Waals surface area (Å²) in [4.78, 5) is 28.7. The second kappa shape index (κ2) is 4.20. The molecule has 2 heterocycles. The number of hydrogen-bond donors (Lipinski definition) is 2. The van der Waals surface area contributed by atoms with Crippen LogP contribution in [0, 0.1) is 0 Å². The summed E-state index contributed by atoms with van der Waals surface area (Å²) in [5, 5.41) is 4.03. The summed E-state index contributed by atoms with van der Waals surface area (Å²) in [5.74, 6) is -0.349. The molecule has 0 aromatic heterocycles. The number of amidine groups is 1. The average molecular weight is 257 g/mol. The van der Waals surface area contributed by atoms with E-state index in [0.29, 0.717) is 5.84 Å². The van der Waals surface area contributed by atoms with E-state index in [0.717, 1.165) is 11.3 Å². The van der Waals surface area contributed by atoms with Crippen LogP contribution < -0.4 is 11.2 Å². The molecule has 7 heteroatoms. The third-order valence-electron chi connectivity index (χ3n) is 3.02. The van der Waals surface area contributed by atoms with Gasteiger partial charge >= 0.3 is 0 Å². The van der Waals surface area contributed by atoms with Crippen LogP contribution in [0.1, 0.15) is 12.0 Å². The van der Waals surface area contributed by atoms with E-state index >= 15 is 0 Å². The first-order valence-electron chi connectivity index (χ1n) is 5.74. The van der Waals surface area contributed by atoms with E-state index in [9.17, 15) is 9.59 Å². The Morgan fingerprint density at radius 1 is 1.42 bits per heavy atom. The zero-order valence-corrected chi connectivity index (χ0v) is 9.91. The Labute approximate surface area is 108 Å². The molecule has 3 N–H and O–H groups in total. The second-order valence-electron chi connectivity index (χ2n) is 4.27. The molecule has 0 saturated carbocycles. The zero-order valence-electron chi connectivity index (χ0n) is 9.91. The predicted octanol–water partition coefficient (Wildman–Crippen LogP) is -0.303. The van der Waals surface area contributed by atoms with Gasteiger partial charge in [0.15, 0.2) is 5.84 Å². The minimum absolute atomic E-state index is 0.0843. The third kappa shape index (κ3) is 1.85. The van der Waals surface area contributed by atoms with E-state index in [2.05, 4.69) is 15.5 Å². The van der Waals surface area contributed by atoms with Gasteiger partial charge in [-0.05, 0) is 12.1 Å². The number of nitrogens with two attached hydrogens (primary N) is 1. The Hall–Kier alpha value is -2.70. The normalized spacial score (nSPS) is 20.2. The molecular weight excluding hydrogens is 246 g/mol. The molecule has 0 spiro atoms. The van der Waals surface area contributed by atoms with Crippen LogP contribution in [0.4, 0.5) is 5.69 Å². The Morgan fingerprint density at radius 3 is 3.00 bits per heavy atom. The fourth-order valence-electron chi connectivity index (χ4n) is 2.13. The van der Waals surface area contributed by atoms with Gasteiger partial charge in [0.25, 0.3) is 5.91 Å². The molecule has 1 atom stereocenters. The van der Waals surface area contributed by atoms with Gasteiger partial charge in [-0.3, -0.25) is 9.59 Å². The first-order chi connectivity index (χ1) is 9.16. The fourth-order valence-corrected chi connectivity index (χ4v) is 2.13. The Bertz CT molecular complexity index is 622. The van der Waals surface area contributed by atoms with Crippen molar-refractivity contribution in [1.82, 2.24) is 10.3 Å². The largest absolute Gasteiger partial charge is 0.370 e. The molecule has 19 heavy (non-hydrogen) atoms. The number of aliphatic imine (C=N–C) groups is 1. The van der Waals surface area contributed by atoms with Crippen LogP contribution in [0.25, 0.3) is 0 Å². The lowest BCUT2D eigenvalue weighted by Gasteiger charge is -2.34. The van der Waals surface area contributed by atoms with Crippen LogP contribution in [0.15, 0.2) is 34.4 Å². The topological polar surface area (TPSA) is 100 Å². The highest BCUT2D eigenvalue weighted by Crippen LogP contribution is 2.26. The number of rotatable bonds is 2. The molecule has 1 aromatic rings. The molecule has 1 aromatic carbocycles. The van der Waals surface area contributed by atoms with Gasteiger partial charge in [0.05, 0.1) is 18.4 Å². The van der Waals surface area contributed by atoms with Gasteiger partial charge in [0, 0.05) is 5.56 Å². The standard InChI is InChI=1S/C12H11N5O2/c13-10(18)5-9-12(19)16-15-11-7-3-1-2-4-8(7)14-6-17(9)11/h1-4,6,9H,5H2,(H2,13,18)(H,16,19)/t9-/m1/s1. The highest BCUT2D eigenvalue weighted by Gasteiger charge is 2.35. The molecule has 2 aliphatic rings. The summed E-state index contributed by atoms with van der Waals surface area (Å²) < 4.78 is 0.